The summed E-state index contributed by atoms with van der Waals surface area (Å²) in [5, 5.41) is 0. The first-order valence-electron chi connectivity index (χ1n) is 2.56. The lowest BCUT2D eigenvalue weighted by Gasteiger charge is -2.00. The number of nitrogen functional groups attached to an aromatic ring is 2. The monoisotopic (exact) mass is 141 g/mol. The van der Waals surface area contributed by atoms with Crippen molar-refractivity contribution < 1.29 is 0 Å². The molecule has 5 N–H and O–H groups in total. The van der Waals surface area contributed by atoms with Crippen molar-refractivity contribution in [3.63, 3.8) is 0 Å². The molecule has 0 aliphatic carbocycles. The second kappa shape index (κ2) is 2.36. The van der Waals surface area contributed by atoms with Crippen LogP contribution < -0.4 is 22.8 Å². The van der Waals surface area contributed by atoms with Gasteiger partial charge < -0.3 is 5.73 Å². The number of anilines is 1. The summed E-state index contributed by atoms with van der Waals surface area (Å²) in [6.07, 6.45) is 1.39. The van der Waals surface area contributed by atoms with Crippen molar-refractivity contribution in [2.45, 2.75) is 0 Å². The van der Waals surface area contributed by atoms with Crippen LogP contribution in [0.15, 0.2) is 17.1 Å². The molecular formula is C4H7N5O. The SMILES string of the molecule is NNn1ccc(N)nc1=O. The normalized spacial score (nSPS) is 9.30. The van der Waals surface area contributed by atoms with E-state index in [2.05, 4.69) is 10.5 Å². The molecular weight excluding hydrogens is 134 g/mol. The standard InChI is InChI=1S/C4H7N5O/c5-3-1-2-9(8-6)4(10)7-3/h1-2,8H,6H2,(H2,5,7,10). The van der Waals surface area contributed by atoms with Gasteiger partial charge in [-0.2, -0.15) is 4.98 Å². The smallest absolute Gasteiger partial charge is 0.369 e. The van der Waals surface area contributed by atoms with Gasteiger partial charge in [0.25, 0.3) is 0 Å². The van der Waals surface area contributed by atoms with Gasteiger partial charge in [-0.1, -0.05) is 0 Å². The van der Waals surface area contributed by atoms with Crippen LogP contribution in [0.3, 0.4) is 0 Å². The van der Waals surface area contributed by atoms with Gasteiger partial charge in [0.15, 0.2) is 0 Å². The molecule has 0 saturated heterocycles. The quantitative estimate of drug-likeness (QED) is 0.318. The highest BCUT2D eigenvalue weighted by molar-refractivity contribution is 5.23. The lowest BCUT2D eigenvalue weighted by molar-refractivity contribution is 0.796. The average molecular weight is 141 g/mol. The second-order valence-corrected chi connectivity index (χ2v) is 1.63. The van der Waals surface area contributed by atoms with Crippen LogP contribution in [-0.4, -0.2) is 9.66 Å². The molecule has 6 nitrogen and oxygen atoms in total. The molecule has 1 aromatic rings. The van der Waals surface area contributed by atoms with E-state index >= 15 is 0 Å². The van der Waals surface area contributed by atoms with Gasteiger partial charge in [-0.25, -0.2) is 15.3 Å². The molecule has 0 aromatic carbocycles. The highest BCUT2D eigenvalue weighted by Crippen LogP contribution is 1.85. The van der Waals surface area contributed by atoms with Crippen molar-refractivity contribution in [3.05, 3.63) is 22.7 Å². The van der Waals surface area contributed by atoms with Crippen LogP contribution in [0.5, 0.6) is 0 Å². The van der Waals surface area contributed by atoms with E-state index in [0.717, 1.165) is 4.68 Å². The fourth-order valence-electron chi connectivity index (χ4n) is 0.514. The van der Waals surface area contributed by atoms with Crippen molar-refractivity contribution in [3.8, 4) is 0 Å². The Morgan fingerprint density at radius 2 is 2.40 bits per heavy atom. The minimum Gasteiger partial charge on any atom is -0.383 e. The van der Waals surface area contributed by atoms with E-state index in [1.807, 2.05) is 0 Å². The molecule has 0 fully saturated rings. The van der Waals surface area contributed by atoms with Crippen molar-refractivity contribution in [2.24, 2.45) is 5.84 Å². The Hall–Kier alpha value is -1.56. The summed E-state index contributed by atoms with van der Waals surface area (Å²) in [7, 11) is 0. The number of hydrazine groups is 1. The molecule has 0 radical (unpaired) electrons. The summed E-state index contributed by atoms with van der Waals surface area (Å²) in [6, 6.07) is 1.46. The first kappa shape index (κ1) is 6.56. The number of rotatable bonds is 1. The third-order valence-corrected chi connectivity index (χ3v) is 0.964. The number of nitrogens with one attached hydrogen (secondary N) is 1. The van der Waals surface area contributed by atoms with Crippen LogP contribution in [0.4, 0.5) is 5.82 Å². The Kier molecular flexibility index (Phi) is 1.55. The molecule has 0 bridgehead atoms. The molecule has 0 aliphatic heterocycles. The largest absolute Gasteiger partial charge is 0.383 e. The number of nitrogens with two attached hydrogens (primary N) is 2. The number of aromatic nitrogens is 2. The van der Waals surface area contributed by atoms with Crippen LogP contribution in [-0.2, 0) is 0 Å². The zero-order chi connectivity index (χ0) is 7.56. The number of hydrogen-bond donors (Lipinski definition) is 3. The predicted molar refractivity (Wildman–Crippen MR) is 36.5 cm³/mol. The van der Waals surface area contributed by atoms with Crippen molar-refractivity contribution in [1.29, 1.82) is 0 Å². The van der Waals surface area contributed by atoms with Crippen LogP contribution in [0.1, 0.15) is 0 Å². The summed E-state index contributed by atoms with van der Waals surface area (Å²) in [5.74, 6) is 5.11. The van der Waals surface area contributed by atoms with Gasteiger partial charge in [0, 0.05) is 6.20 Å². The maximum atomic E-state index is 10.7. The minimum absolute atomic E-state index is 0.177. The molecule has 0 amide bonds. The van der Waals surface area contributed by atoms with Crippen LogP contribution in [0.25, 0.3) is 0 Å². The Balaban J connectivity index is 3.20. The van der Waals surface area contributed by atoms with Crippen LogP contribution in [0, 0.1) is 0 Å². The van der Waals surface area contributed by atoms with Gasteiger partial charge in [-0.15, -0.1) is 0 Å². The van der Waals surface area contributed by atoms with Crippen molar-refractivity contribution >= 4 is 5.82 Å². The topological polar surface area (TPSA) is 99.0 Å². The molecule has 0 spiro atoms. The van der Waals surface area contributed by atoms with Crippen molar-refractivity contribution in [2.75, 3.05) is 11.3 Å². The zero-order valence-electron chi connectivity index (χ0n) is 5.11. The Bertz CT molecular complexity index is 279. The molecule has 10 heavy (non-hydrogen) atoms. The molecule has 0 aliphatic rings. The molecule has 54 valence electrons. The van der Waals surface area contributed by atoms with Crippen LogP contribution in [0.2, 0.25) is 0 Å². The maximum Gasteiger partial charge on any atom is 0.369 e. The van der Waals surface area contributed by atoms with E-state index < -0.39 is 5.69 Å². The molecule has 1 rings (SSSR count). The number of hydrogen-bond acceptors (Lipinski definition) is 5. The molecule has 0 unspecified atom stereocenters. The first-order valence-corrected chi connectivity index (χ1v) is 2.56. The summed E-state index contributed by atoms with van der Waals surface area (Å²) in [4.78, 5) is 14.1. The third kappa shape index (κ3) is 1.06. The van der Waals surface area contributed by atoms with Gasteiger partial charge in [-0.05, 0) is 6.07 Å². The first-order chi connectivity index (χ1) is 4.74. The van der Waals surface area contributed by atoms with Gasteiger partial charge in [-0.3, -0.25) is 5.53 Å². The average Bonchev–Trinajstić information content (AvgIpc) is 1.88. The predicted octanol–water partition coefficient (Wildman–Crippen LogP) is -1.76. The third-order valence-electron chi connectivity index (χ3n) is 0.964. The summed E-state index contributed by atoms with van der Waals surface area (Å²) in [5.41, 5.74) is 6.77. The summed E-state index contributed by atoms with van der Waals surface area (Å²) < 4.78 is 1.01. The van der Waals surface area contributed by atoms with E-state index in [4.69, 9.17) is 11.6 Å². The maximum absolute atomic E-state index is 10.7. The van der Waals surface area contributed by atoms with E-state index in [1.54, 1.807) is 0 Å². The lowest BCUT2D eigenvalue weighted by Crippen LogP contribution is -2.34. The Morgan fingerprint density at radius 1 is 1.70 bits per heavy atom. The fraction of sp³-hybridized carbons (Fsp3) is 0. The highest BCUT2D eigenvalue weighted by Gasteiger charge is 1.92. The van der Waals surface area contributed by atoms with Crippen LogP contribution >= 0.6 is 0 Å². The second-order valence-electron chi connectivity index (χ2n) is 1.63. The molecule has 0 atom stereocenters. The van der Waals surface area contributed by atoms with Gasteiger partial charge in [0.2, 0.25) is 0 Å². The van der Waals surface area contributed by atoms with Gasteiger partial charge in [0.05, 0.1) is 0 Å². The van der Waals surface area contributed by atoms with E-state index in [-0.39, 0.29) is 5.82 Å². The summed E-state index contributed by atoms with van der Waals surface area (Å²) in [6.45, 7) is 0. The Labute approximate surface area is 56.4 Å². The summed E-state index contributed by atoms with van der Waals surface area (Å²) >= 11 is 0. The highest BCUT2D eigenvalue weighted by atomic mass is 16.2. The van der Waals surface area contributed by atoms with E-state index in [1.165, 1.54) is 12.3 Å². The minimum atomic E-state index is -0.525. The Morgan fingerprint density at radius 3 is 2.90 bits per heavy atom. The zero-order valence-corrected chi connectivity index (χ0v) is 5.11. The lowest BCUT2D eigenvalue weighted by atomic mass is 10.6. The van der Waals surface area contributed by atoms with E-state index in [0.29, 0.717) is 0 Å². The molecule has 1 heterocycles. The van der Waals surface area contributed by atoms with Gasteiger partial charge in [0.1, 0.15) is 5.82 Å². The van der Waals surface area contributed by atoms with E-state index in [9.17, 15) is 4.79 Å². The molecule has 0 saturated carbocycles. The molecule has 6 heteroatoms. The number of nitrogens with zero attached hydrogens (tertiary/aromatic N) is 2. The fourth-order valence-corrected chi connectivity index (χ4v) is 0.514. The molecule has 1 aromatic heterocycles. The van der Waals surface area contributed by atoms with Crippen molar-refractivity contribution in [1.82, 2.24) is 9.66 Å². The van der Waals surface area contributed by atoms with Gasteiger partial charge >= 0.3 is 5.69 Å².